The molecule has 8 heteroatoms. The summed E-state index contributed by atoms with van der Waals surface area (Å²) in [4.78, 5) is 22.6. The molecule has 0 heterocycles. The van der Waals surface area contributed by atoms with Crippen molar-refractivity contribution in [1.82, 2.24) is 0 Å². The zero-order valence-corrected chi connectivity index (χ0v) is 13.6. The van der Waals surface area contributed by atoms with Crippen molar-refractivity contribution in [2.24, 2.45) is 0 Å². The minimum atomic E-state index is -0.554. The van der Waals surface area contributed by atoms with Crippen molar-refractivity contribution in [1.29, 1.82) is 0 Å². The number of rotatable bonds is 4. The van der Waals surface area contributed by atoms with E-state index < -0.39 is 10.8 Å². The van der Waals surface area contributed by atoms with Gasteiger partial charge in [0.25, 0.3) is 11.6 Å². The molecule has 0 bridgehead atoms. The van der Waals surface area contributed by atoms with Crippen molar-refractivity contribution in [3.8, 4) is 5.75 Å². The molecule has 2 aromatic carbocycles. The van der Waals surface area contributed by atoms with E-state index in [1.54, 1.807) is 18.2 Å². The third kappa shape index (κ3) is 3.55. The quantitative estimate of drug-likeness (QED) is 0.629. The van der Waals surface area contributed by atoms with Gasteiger partial charge < -0.3 is 10.1 Å². The minimum absolute atomic E-state index is 0.156. The Labute approximate surface area is 139 Å². The molecule has 0 aliphatic heterocycles. The number of hydrogen-bond donors (Lipinski definition) is 1. The number of carbonyl (C=O) groups is 1. The molecule has 0 aliphatic rings. The molecule has 0 radical (unpaired) electrons. The second-order valence-electron chi connectivity index (χ2n) is 4.22. The van der Waals surface area contributed by atoms with Crippen LogP contribution in [0.15, 0.2) is 40.9 Å². The lowest BCUT2D eigenvalue weighted by molar-refractivity contribution is -0.384. The first kappa shape index (κ1) is 16.3. The van der Waals surface area contributed by atoms with Crippen LogP contribution in [0, 0.1) is 10.1 Å². The van der Waals surface area contributed by atoms with Gasteiger partial charge in [-0.15, -0.1) is 0 Å². The van der Waals surface area contributed by atoms with Crippen LogP contribution in [-0.2, 0) is 0 Å². The van der Waals surface area contributed by atoms with E-state index in [2.05, 4.69) is 21.2 Å². The van der Waals surface area contributed by atoms with Gasteiger partial charge in [0.05, 0.1) is 28.3 Å². The van der Waals surface area contributed by atoms with Gasteiger partial charge in [0.1, 0.15) is 5.75 Å². The van der Waals surface area contributed by atoms with E-state index in [9.17, 15) is 14.9 Å². The number of anilines is 1. The van der Waals surface area contributed by atoms with Crippen LogP contribution in [0.25, 0.3) is 0 Å². The number of methoxy groups -OCH3 is 1. The Hall–Kier alpha value is -2.12. The van der Waals surface area contributed by atoms with E-state index in [4.69, 9.17) is 16.3 Å². The summed E-state index contributed by atoms with van der Waals surface area (Å²) in [7, 11) is 1.41. The van der Waals surface area contributed by atoms with Crippen molar-refractivity contribution in [2.75, 3.05) is 12.4 Å². The van der Waals surface area contributed by atoms with E-state index in [1.807, 2.05) is 0 Å². The van der Waals surface area contributed by atoms with Crippen LogP contribution in [0.1, 0.15) is 10.4 Å². The molecule has 114 valence electrons. The number of halogens is 2. The molecule has 0 saturated carbocycles. The van der Waals surface area contributed by atoms with E-state index in [0.717, 1.165) is 0 Å². The fourth-order valence-corrected chi connectivity index (χ4v) is 2.33. The SMILES string of the molecule is COc1ccc([N+](=O)[O-])cc1NC(=O)c1cc(Br)ccc1Cl. The maximum atomic E-state index is 12.3. The summed E-state index contributed by atoms with van der Waals surface area (Å²) in [5.41, 5.74) is 0.277. The normalized spacial score (nSPS) is 10.1. The van der Waals surface area contributed by atoms with E-state index in [1.165, 1.54) is 25.3 Å². The lowest BCUT2D eigenvalue weighted by atomic mass is 10.2. The number of ether oxygens (including phenoxy) is 1. The average molecular weight is 386 g/mol. The minimum Gasteiger partial charge on any atom is -0.495 e. The predicted molar refractivity (Wildman–Crippen MR) is 86.8 cm³/mol. The van der Waals surface area contributed by atoms with Crippen LogP contribution in [0.3, 0.4) is 0 Å². The lowest BCUT2D eigenvalue weighted by Crippen LogP contribution is -2.13. The van der Waals surface area contributed by atoms with Gasteiger partial charge in [-0.2, -0.15) is 0 Å². The maximum absolute atomic E-state index is 12.3. The highest BCUT2D eigenvalue weighted by Gasteiger charge is 2.16. The molecule has 0 saturated heterocycles. The molecule has 0 atom stereocenters. The molecular formula is C14H10BrClN2O4. The van der Waals surface area contributed by atoms with Gasteiger partial charge in [0.15, 0.2) is 0 Å². The molecule has 1 amide bonds. The van der Waals surface area contributed by atoms with Crippen molar-refractivity contribution >= 4 is 44.8 Å². The summed E-state index contributed by atoms with van der Waals surface area (Å²) in [5.74, 6) is -0.185. The van der Waals surface area contributed by atoms with E-state index in [-0.39, 0.29) is 22.0 Å². The van der Waals surface area contributed by atoms with E-state index in [0.29, 0.717) is 10.2 Å². The van der Waals surface area contributed by atoms with Crippen molar-refractivity contribution in [3.05, 3.63) is 61.6 Å². The summed E-state index contributed by atoms with van der Waals surface area (Å²) in [6, 6.07) is 8.76. The number of amides is 1. The Morgan fingerprint density at radius 3 is 2.68 bits per heavy atom. The summed E-state index contributed by atoms with van der Waals surface area (Å²) in [6.07, 6.45) is 0. The molecule has 0 aromatic heterocycles. The van der Waals surface area contributed by atoms with Gasteiger partial charge in [-0.25, -0.2) is 0 Å². The number of non-ortho nitro benzene ring substituents is 1. The van der Waals surface area contributed by atoms with Gasteiger partial charge >= 0.3 is 0 Å². The summed E-state index contributed by atoms with van der Waals surface area (Å²) in [6.45, 7) is 0. The Bertz CT molecular complexity index is 752. The van der Waals surface area contributed by atoms with Crippen LogP contribution < -0.4 is 10.1 Å². The first-order chi connectivity index (χ1) is 10.4. The molecule has 0 spiro atoms. The van der Waals surface area contributed by atoms with Crippen molar-refractivity contribution in [3.63, 3.8) is 0 Å². The van der Waals surface area contributed by atoms with E-state index >= 15 is 0 Å². The standard InChI is InChI=1S/C14H10BrClN2O4/c1-22-13-5-3-9(18(20)21)7-12(13)17-14(19)10-6-8(15)2-4-11(10)16/h2-7H,1H3,(H,17,19). The summed E-state index contributed by atoms with van der Waals surface area (Å²) < 4.78 is 5.78. The largest absolute Gasteiger partial charge is 0.495 e. The van der Waals surface area contributed by atoms with Gasteiger partial charge in [0.2, 0.25) is 0 Å². The number of nitro groups is 1. The first-order valence-electron chi connectivity index (χ1n) is 6.01. The van der Waals surface area contributed by atoms with Gasteiger partial charge in [-0.3, -0.25) is 14.9 Å². The number of carbonyl (C=O) groups excluding carboxylic acids is 1. The zero-order valence-electron chi connectivity index (χ0n) is 11.3. The maximum Gasteiger partial charge on any atom is 0.271 e. The number of nitro benzene ring substituents is 1. The molecule has 0 fully saturated rings. The van der Waals surface area contributed by atoms with Gasteiger partial charge in [-0.1, -0.05) is 27.5 Å². The smallest absolute Gasteiger partial charge is 0.271 e. The fourth-order valence-electron chi connectivity index (χ4n) is 1.77. The van der Waals surface area contributed by atoms with Crippen LogP contribution in [0.5, 0.6) is 5.75 Å². The Morgan fingerprint density at radius 2 is 2.05 bits per heavy atom. The van der Waals surface area contributed by atoms with Crippen LogP contribution >= 0.6 is 27.5 Å². The highest BCUT2D eigenvalue weighted by atomic mass is 79.9. The molecule has 22 heavy (non-hydrogen) atoms. The predicted octanol–water partition coefficient (Wildman–Crippen LogP) is 4.27. The number of benzene rings is 2. The molecule has 0 aliphatic carbocycles. The second-order valence-corrected chi connectivity index (χ2v) is 5.54. The number of nitrogens with one attached hydrogen (secondary N) is 1. The third-order valence-corrected chi connectivity index (χ3v) is 3.64. The fraction of sp³-hybridized carbons (Fsp3) is 0.0714. The number of nitrogens with zero attached hydrogens (tertiary/aromatic N) is 1. The highest BCUT2D eigenvalue weighted by molar-refractivity contribution is 9.10. The van der Waals surface area contributed by atoms with Crippen molar-refractivity contribution in [2.45, 2.75) is 0 Å². The molecule has 2 rings (SSSR count). The van der Waals surface area contributed by atoms with Crippen molar-refractivity contribution < 1.29 is 14.5 Å². The first-order valence-corrected chi connectivity index (χ1v) is 7.18. The Kier molecular flexibility index (Phi) is 4.99. The van der Waals surface area contributed by atoms with Gasteiger partial charge in [-0.05, 0) is 24.3 Å². The van der Waals surface area contributed by atoms with Crippen LogP contribution in [0.4, 0.5) is 11.4 Å². The topological polar surface area (TPSA) is 81.5 Å². The monoisotopic (exact) mass is 384 g/mol. The zero-order chi connectivity index (χ0) is 16.3. The van der Waals surface area contributed by atoms with Crippen LogP contribution in [0.2, 0.25) is 5.02 Å². The Morgan fingerprint density at radius 1 is 1.32 bits per heavy atom. The molecule has 2 aromatic rings. The average Bonchev–Trinajstić information content (AvgIpc) is 2.49. The number of hydrogen-bond acceptors (Lipinski definition) is 4. The molecule has 6 nitrogen and oxygen atoms in total. The summed E-state index contributed by atoms with van der Waals surface area (Å²) in [5, 5.41) is 13.7. The highest BCUT2D eigenvalue weighted by Crippen LogP contribution is 2.30. The second kappa shape index (κ2) is 6.76. The molecule has 1 N–H and O–H groups in total. The third-order valence-electron chi connectivity index (χ3n) is 2.82. The Balaban J connectivity index is 2.36. The lowest BCUT2D eigenvalue weighted by Gasteiger charge is -2.11. The van der Waals surface area contributed by atoms with Gasteiger partial charge in [0, 0.05) is 16.6 Å². The molecule has 0 unspecified atom stereocenters. The summed E-state index contributed by atoms with van der Waals surface area (Å²) >= 11 is 9.25. The molecular weight excluding hydrogens is 376 g/mol. The van der Waals surface area contributed by atoms with Crippen LogP contribution in [-0.4, -0.2) is 17.9 Å².